The number of aromatic nitrogens is 2. The Morgan fingerprint density at radius 2 is 1.60 bits per heavy atom. The molecule has 0 aliphatic carbocycles. The minimum atomic E-state index is 0.248. The largest absolute Gasteiger partial charge is 0.410 e. The van der Waals surface area contributed by atoms with Crippen LogP contribution in [-0.2, 0) is 0 Å². The Bertz CT molecular complexity index is 721. The summed E-state index contributed by atoms with van der Waals surface area (Å²) in [5, 5.41) is 16.3. The van der Waals surface area contributed by atoms with Crippen molar-refractivity contribution in [3.63, 3.8) is 0 Å². The van der Waals surface area contributed by atoms with Crippen LogP contribution in [0.2, 0.25) is 0 Å². The summed E-state index contributed by atoms with van der Waals surface area (Å²) in [6.45, 7) is 0. The van der Waals surface area contributed by atoms with Gasteiger partial charge in [-0.25, -0.2) is 0 Å². The molecule has 0 fully saturated rings. The van der Waals surface area contributed by atoms with E-state index in [1.54, 1.807) is 0 Å². The highest BCUT2D eigenvalue weighted by atomic mass is 16.5. The van der Waals surface area contributed by atoms with Gasteiger partial charge in [0.15, 0.2) is 5.71 Å². The first-order valence-electron chi connectivity index (χ1n) is 6.05. The lowest BCUT2D eigenvalue weighted by Crippen LogP contribution is -2.05. The van der Waals surface area contributed by atoms with Crippen molar-refractivity contribution in [1.82, 2.24) is 10.1 Å². The molecule has 0 bridgehead atoms. The van der Waals surface area contributed by atoms with Crippen LogP contribution in [0.3, 0.4) is 0 Å². The first-order chi connectivity index (χ1) is 9.88. The minimum absolute atomic E-state index is 0.248. The van der Waals surface area contributed by atoms with Crippen molar-refractivity contribution < 1.29 is 9.73 Å². The summed E-state index contributed by atoms with van der Waals surface area (Å²) >= 11 is 0. The Balaban J connectivity index is 1.98. The third-order valence-corrected chi connectivity index (χ3v) is 2.81. The Labute approximate surface area is 115 Å². The molecule has 0 aliphatic rings. The smallest absolute Gasteiger partial charge is 0.258 e. The van der Waals surface area contributed by atoms with Crippen LogP contribution >= 0.6 is 0 Å². The average molecular weight is 265 g/mol. The maximum Gasteiger partial charge on any atom is 0.258 e. The van der Waals surface area contributed by atoms with Crippen LogP contribution in [0.5, 0.6) is 0 Å². The number of oxime groups is 1. The van der Waals surface area contributed by atoms with Gasteiger partial charge >= 0.3 is 0 Å². The van der Waals surface area contributed by atoms with Gasteiger partial charge < -0.3 is 9.73 Å². The monoisotopic (exact) mass is 265 g/mol. The summed E-state index contributed by atoms with van der Waals surface area (Å²) < 4.78 is 5.20. The third-order valence-electron chi connectivity index (χ3n) is 2.81. The first kappa shape index (κ1) is 12.1. The van der Waals surface area contributed by atoms with E-state index in [0.717, 1.165) is 11.1 Å². The maximum absolute atomic E-state index is 9.18. The van der Waals surface area contributed by atoms with Gasteiger partial charge in [0.05, 0.1) is 0 Å². The lowest BCUT2D eigenvalue weighted by Gasteiger charge is -1.98. The van der Waals surface area contributed by atoms with Crippen LogP contribution in [0.15, 0.2) is 70.3 Å². The number of rotatable bonds is 3. The normalized spacial score (nSPS) is 11.5. The SMILES string of the molecule is O/N=C(\c1ccccc1)c1noc(-c2ccccc2)n1. The van der Waals surface area contributed by atoms with Gasteiger partial charge in [-0.1, -0.05) is 58.8 Å². The van der Waals surface area contributed by atoms with Gasteiger partial charge in [0.25, 0.3) is 5.89 Å². The van der Waals surface area contributed by atoms with Gasteiger partial charge in [-0.2, -0.15) is 4.98 Å². The average Bonchev–Trinajstić information content (AvgIpc) is 3.00. The van der Waals surface area contributed by atoms with Crippen LogP contribution < -0.4 is 0 Å². The third kappa shape index (κ3) is 2.29. The van der Waals surface area contributed by atoms with Crippen LogP contribution in [0, 0.1) is 0 Å². The standard InChI is InChI=1S/C15H11N3O2/c19-17-13(11-7-3-1-4-8-11)14-16-15(20-18-14)12-9-5-2-6-10-12/h1-10,19H/b17-13+. The molecule has 1 N–H and O–H groups in total. The molecule has 0 spiro atoms. The predicted octanol–water partition coefficient (Wildman–Crippen LogP) is 2.96. The number of hydrogen-bond donors (Lipinski definition) is 1. The van der Waals surface area contributed by atoms with Crippen molar-refractivity contribution in [2.45, 2.75) is 0 Å². The molecule has 1 aromatic heterocycles. The molecular weight excluding hydrogens is 254 g/mol. The van der Waals surface area contributed by atoms with Crippen molar-refractivity contribution >= 4 is 5.71 Å². The summed E-state index contributed by atoms with van der Waals surface area (Å²) in [4.78, 5) is 4.26. The molecule has 0 saturated carbocycles. The van der Waals surface area contributed by atoms with E-state index in [-0.39, 0.29) is 11.5 Å². The molecule has 0 amide bonds. The fraction of sp³-hybridized carbons (Fsp3) is 0. The number of hydrogen-bond acceptors (Lipinski definition) is 5. The lowest BCUT2D eigenvalue weighted by molar-refractivity contribution is 0.319. The second-order valence-corrected chi connectivity index (χ2v) is 4.10. The molecule has 0 aliphatic heterocycles. The quantitative estimate of drug-likeness (QED) is 0.449. The van der Waals surface area contributed by atoms with Crippen LogP contribution in [0.4, 0.5) is 0 Å². The zero-order valence-electron chi connectivity index (χ0n) is 10.5. The highest BCUT2D eigenvalue weighted by Gasteiger charge is 2.16. The van der Waals surface area contributed by atoms with E-state index in [0.29, 0.717) is 5.89 Å². The topological polar surface area (TPSA) is 71.5 Å². The van der Waals surface area contributed by atoms with E-state index < -0.39 is 0 Å². The molecule has 3 rings (SSSR count). The first-order valence-corrected chi connectivity index (χ1v) is 6.05. The van der Waals surface area contributed by atoms with Crippen LogP contribution in [-0.4, -0.2) is 21.1 Å². The molecule has 2 aromatic carbocycles. The van der Waals surface area contributed by atoms with E-state index in [1.807, 2.05) is 60.7 Å². The Morgan fingerprint density at radius 3 is 2.25 bits per heavy atom. The molecule has 1 heterocycles. The van der Waals surface area contributed by atoms with E-state index in [9.17, 15) is 5.21 Å². The Morgan fingerprint density at radius 1 is 0.950 bits per heavy atom. The van der Waals surface area contributed by atoms with Gasteiger partial charge in [0.1, 0.15) is 0 Å². The van der Waals surface area contributed by atoms with E-state index in [1.165, 1.54) is 0 Å². The molecule has 20 heavy (non-hydrogen) atoms. The van der Waals surface area contributed by atoms with Gasteiger partial charge in [-0.3, -0.25) is 0 Å². The second-order valence-electron chi connectivity index (χ2n) is 4.10. The van der Waals surface area contributed by atoms with Crippen LogP contribution in [0.1, 0.15) is 11.4 Å². The van der Waals surface area contributed by atoms with Crippen LogP contribution in [0.25, 0.3) is 11.5 Å². The van der Waals surface area contributed by atoms with Gasteiger partial charge in [-0.15, -0.1) is 0 Å². The summed E-state index contributed by atoms with van der Waals surface area (Å²) in [6, 6.07) is 18.6. The van der Waals surface area contributed by atoms with E-state index in [2.05, 4.69) is 15.3 Å². The summed E-state index contributed by atoms with van der Waals surface area (Å²) in [7, 11) is 0. The minimum Gasteiger partial charge on any atom is -0.410 e. The number of benzene rings is 2. The van der Waals surface area contributed by atoms with Gasteiger partial charge in [0.2, 0.25) is 5.82 Å². The fourth-order valence-corrected chi connectivity index (χ4v) is 1.85. The zero-order valence-corrected chi connectivity index (χ0v) is 10.5. The van der Waals surface area contributed by atoms with Crippen molar-refractivity contribution in [2.24, 2.45) is 5.16 Å². The van der Waals surface area contributed by atoms with Gasteiger partial charge in [-0.05, 0) is 12.1 Å². The van der Waals surface area contributed by atoms with Crippen molar-refractivity contribution in [1.29, 1.82) is 0 Å². The molecule has 0 unspecified atom stereocenters. The summed E-state index contributed by atoms with van der Waals surface area (Å²) in [5.41, 5.74) is 1.81. The zero-order chi connectivity index (χ0) is 13.8. The Hall–Kier alpha value is -2.95. The maximum atomic E-state index is 9.18. The molecular formula is C15H11N3O2. The van der Waals surface area contributed by atoms with Crippen molar-refractivity contribution in [3.05, 3.63) is 72.1 Å². The Kier molecular flexibility index (Phi) is 3.24. The molecule has 5 heteroatoms. The summed E-state index contributed by atoms with van der Waals surface area (Å²) in [6.07, 6.45) is 0. The van der Waals surface area contributed by atoms with Crippen molar-refractivity contribution in [2.75, 3.05) is 0 Å². The highest BCUT2D eigenvalue weighted by Crippen LogP contribution is 2.17. The lowest BCUT2D eigenvalue weighted by atomic mass is 10.1. The van der Waals surface area contributed by atoms with Crippen molar-refractivity contribution in [3.8, 4) is 11.5 Å². The molecule has 0 radical (unpaired) electrons. The summed E-state index contributed by atoms with van der Waals surface area (Å²) in [5.74, 6) is 0.634. The van der Waals surface area contributed by atoms with E-state index in [4.69, 9.17) is 4.52 Å². The fourth-order valence-electron chi connectivity index (χ4n) is 1.85. The molecule has 0 saturated heterocycles. The predicted molar refractivity (Wildman–Crippen MR) is 73.6 cm³/mol. The number of nitrogens with zero attached hydrogens (tertiary/aromatic N) is 3. The van der Waals surface area contributed by atoms with Gasteiger partial charge in [0, 0.05) is 11.1 Å². The molecule has 5 nitrogen and oxygen atoms in total. The molecule has 98 valence electrons. The highest BCUT2D eigenvalue weighted by molar-refractivity contribution is 6.10. The second kappa shape index (κ2) is 5.36. The molecule has 3 aromatic rings. The molecule has 0 atom stereocenters. The van der Waals surface area contributed by atoms with E-state index >= 15 is 0 Å².